The van der Waals surface area contributed by atoms with Crippen molar-refractivity contribution in [2.75, 3.05) is 0 Å². The first-order valence-electron chi connectivity index (χ1n) is 42.7. The number of nitrogens with zero attached hydrogens (tertiary/aromatic N) is 12. The van der Waals surface area contributed by atoms with Gasteiger partial charge in [0.15, 0.2) is 29.1 Å². The highest BCUT2D eigenvalue weighted by Crippen LogP contribution is 2.50. The summed E-state index contributed by atoms with van der Waals surface area (Å²) in [7, 11) is 0. The predicted octanol–water partition coefficient (Wildman–Crippen LogP) is 28.6. The minimum absolute atomic E-state index is 0.597. The first-order chi connectivity index (χ1) is 63.9. The summed E-state index contributed by atoms with van der Waals surface area (Å²) < 4.78 is 16.3. The Morgan fingerprint density at radius 3 is 1.09 bits per heavy atom. The Morgan fingerprint density at radius 2 is 0.589 bits per heavy atom. The van der Waals surface area contributed by atoms with Crippen molar-refractivity contribution < 1.29 is 8.83 Å². The molecule has 604 valence electrons. The molecule has 0 fully saturated rings. The lowest BCUT2D eigenvalue weighted by Crippen LogP contribution is -2.00. The van der Waals surface area contributed by atoms with E-state index in [2.05, 4.69) is 269 Å². The van der Waals surface area contributed by atoms with Crippen LogP contribution in [0.15, 0.2) is 446 Å². The van der Waals surface area contributed by atoms with E-state index in [1.165, 1.54) is 10.8 Å². The second-order valence-electron chi connectivity index (χ2n) is 31.6. The molecule has 0 aliphatic rings. The zero-order valence-electron chi connectivity index (χ0n) is 69.3. The Bertz CT molecular complexity index is 8230. The summed E-state index contributed by atoms with van der Waals surface area (Å²) in [6, 6.07) is 137. The molecule has 24 aromatic rings. The number of para-hydroxylation sites is 2. The van der Waals surface area contributed by atoms with Crippen molar-refractivity contribution >= 4 is 65.6 Å². The summed E-state index contributed by atoms with van der Waals surface area (Å²) in [6.45, 7) is 0. The maximum absolute atomic E-state index is 7.02. The van der Waals surface area contributed by atoms with Gasteiger partial charge in [0.2, 0.25) is 0 Å². The van der Waals surface area contributed by atoms with Gasteiger partial charge in [0.1, 0.15) is 22.6 Å². The van der Waals surface area contributed by atoms with Gasteiger partial charge in [0.25, 0.3) is 0 Å². The van der Waals surface area contributed by atoms with Crippen LogP contribution in [0.4, 0.5) is 0 Å². The second-order valence-corrected chi connectivity index (χ2v) is 31.6. The normalized spacial score (nSPS) is 11.4. The van der Waals surface area contributed by atoms with E-state index in [0.29, 0.717) is 29.1 Å². The van der Waals surface area contributed by atoms with Gasteiger partial charge in [0.05, 0.1) is 66.9 Å². The molecule has 14 nitrogen and oxygen atoms in total. The Balaban J connectivity index is 0.000000148. The van der Waals surface area contributed by atoms with Crippen LogP contribution in [0.2, 0.25) is 0 Å². The van der Waals surface area contributed by atoms with Crippen LogP contribution in [0, 0.1) is 0 Å². The van der Waals surface area contributed by atoms with E-state index in [-0.39, 0.29) is 0 Å². The van der Waals surface area contributed by atoms with E-state index in [4.69, 9.17) is 53.7 Å². The molecule has 0 bridgehead atoms. The Morgan fingerprint density at radius 1 is 0.209 bits per heavy atom. The fraction of sp³-hybridized carbons (Fsp3) is 0. The van der Waals surface area contributed by atoms with Gasteiger partial charge in [0, 0.05) is 126 Å². The van der Waals surface area contributed by atoms with Crippen LogP contribution < -0.4 is 0 Å². The standard InChI is InChI=1S/C61H38N6O.C54H34N6O/c1-3-14-41(15-4-1)58-57-56(45-19-12-32-62-37-45)59(46-20-13-33-63-38-46)68-60(57)50-35-43(30-31-51(50)64-58)39-26-28-40(29-27-39)52-36-53(66-61(65-52)42-16-5-2-6-17-42)44-18-11-21-47(34-44)67-54-24-9-7-22-48(54)49-23-8-10-25-55(49)67;1-4-14-35(15-5-1)36-22-26-40(27-23-36)53-58-52(39-18-8-3-9-19-39)59-54(60-53)41-28-24-37(25-29-41)42-30-31-44-43(34-42)50-48(49(57-44)38-16-6-2-7-17-38)47(45-20-10-12-32-55-45)51(61-50)46-21-11-13-33-56-46/h1-38H;1-34H. The van der Waals surface area contributed by atoms with E-state index in [1.807, 2.05) is 158 Å². The number of pyridine rings is 6. The average Bonchev–Trinajstić information content (AvgIpc) is 1.59. The topological polar surface area (TPSA) is 173 Å². The molecule has 0 atom stereocenters. The first-order valence-corrected chi connectivity index (χ1v) is 42.7. The van der Waals surface area contributed by atoms with E-state index < -0.39 is 0 Å². The summed E-state index contributed by atoms with van der Waals surface area (Å²) in [6.07, 6.45) is 10.9. The smallest absolute Gasteiger partial charge is 0.164 e. The molecule has 0 amide bonds. The monoisotopic (exact) mass is 1650 g/mol. The van der Waals surface area contributed by atoms with Crippen LogP contribution in [-0.4, -0.2) is 59.4 Å². The number of furan rings is 2. The van der Waals surface area contributed by atoms with Gasteiger partial charge in [-0.25, -0.2) is 34.9 Å². The van der Waals surface area contributed by atoms with Crippen molar-refractivity contribution in [1.82, 2.24) is 59.4 Å². The fourth-order valence-electron chi connectivity index (χ4n) is 17.5. The highest BCUT2D eigenvalue weighted by molar-refractivity contribution is 6.19. The van der Waals surface area contributed by atoms with Crippen molar-refractivity contribution in [2.24, 2.45) is 0 Å². The highest BCUT2D eigenvalue weighted by Gasteiger charge is 2.29. The molecule has 129 heavy (non-hydrogen) atoms. The SMILES string of the molecule is c1ccc(-c2ccc(-c3nc(-c4ccccc4)nc(-c4ccc(-c5ccc6nc(-c7ccccc7)c7c(-c8ccccn8)c(-c8ccccn8)oc7c6c5)cc4)n3)cc2)cc1.c1ccc(-c2nc(-c3ccc(-c4ccc5nc(-c6ccccc6)c6c(-c7cccnc7)c(-c7cccnc7)oc6c5c4)cc3)cc(-c3cccc(-n4c5ccccc5c5ccccc54)c3)n2)cc1. The van der Waals surface area contributed by atoms with Crippen LogP contribution in [0.3, 0.4) is 0 Å². The number of hydrogen-bond acceptors (Lipinski definition) is 13. The van der Waals surface area contributed by atoms with E-state index >= 15 is 0 Å². The number of aromatic nitrogens is 12. The van der Waals surface area contributed by atoms with Gasteiger partial charge >= 0.3 is 0 Å². The van der Waals surface area contributed by atoms with Crippen LogP contribution in [0.5, 0.6) is 0 Å². The van der Waals surface area contributed by atoms with Crippen molar-refractivity contribution in [3.05, 3.63) is 438 Å². The van der Waals surface area contributed by atoms with Crippen molar-refractivity contribution in [3.63, 3.8) is 0 Å². The minimum atomic E-state index is 0.597. The zero-order valence-corrected chi connectivity index (χ0v) is 69.3. The molecule has 0 spiro atoms. The number of fused-ring (bicyclic) bond motifs is 9. The summed E-state index contributed by atoms with van der Waals surface area (Å²) >= 11 is 0. The van der Waals surface area contributed by atoms with Crippen molar-refractivity contribution in [3.8, 4) is 175 Å². The first kappa shape index (κ1) is 76.2. The van der Waals surface area contributed by atoms with Gasteiger partial charge in [-0.15, -0.1) is 0 Å². The lowest BCUT2D eigenvalue weighted by Gasteiger charge is -2.13. The number of hydrogen-bond donors (Lipinski definition) is 0. The molecule has 24 rings (SSSR count). The molecule has 11 aromatic heterocycles. The van der Waals surface area contributed by atoms with Gasteiger partial charge in [-0.2, -0.15) is 0 Å². The highest BCUT2D eigenvalue weighted by atomic mass is 16.3. The molecule has 0 N–H and O–H groups in total. The minimum Gasteiger partial charge on any atom is -0.455 e. The van der Waals surface area contributed by atoms with Gasteiger partial charge < -0.3 is 13.4 Å². The van der Waals surface area contributed by atoms with E-state index in [1.54, 1.807) is 24.8 Å². The molecule has 0 aliphatic carbocycles. The third-order valence-electron chi connectivity index (χ3n) is 23.7. The lowest BCUT2D eigenvalue weighted by atomic mass is 9.95. The van der Waals surface area contributed by atoms with Gasteiger partial charge in [-0.05, 0) is 130 Å². The number of rotatable bonds is 16. The van der Waals surface area contributed by atoms with Crippen LogP contribution in [0.1, 0.15) is 0 Å². The van der Waals surface area contributed by atoms with Crippen molar-refractivity contribution in [1.29, 1.82) is 0 Å². The molecular formula is C115H72N12O2. The molecule has 0 saturated heterocycles. The summed E-state index contributed by atoms with van der Waals surface area (Å²) in [4.78, 5) is 54.5. The third-order valence-corrected chi connectivity index (χ3v) is 23.7. The predicted molar refractivity (Wildman–Crippen MR) is 519 cm³/mol. The Hall–Kier alpha value is -17.8. The lowest BCUT2D eigenvalue weighted by molar-refractivity contribution is 0.632. The summed E-state index contributed by atoms with van der Waals surface area (Å²) in [5.41, 5.74) is 29.1. The van der Waals surface area contributed by atoms with Gasteiger partial charge in [-0.3, -0.25) is 19.9 Å². The molecule has 0 radical (unpaired) electrons. The van der Waals surface area contributed by atoms with Crippen LogP contribution in [0.25, 0.3) is 240 Å². The zero-order chi connectivity index (χ0) is 85.5. The largest absolute Gasteiger partial charge is 0.455 e. The third kappa shape index (κ3) is 14.5. The van der Waals surface area contributed by atoms with Crippen molar-refractivity contribution in [2.45, 2.75) is 0 Å². The Labute approximate surface area is 741 Å². The molecular weight excluding hydrogens is 1580 g/mol. The van der Waals surface area contributed by atoms with Gasteiger partial charge in [-0.1, -0.05) is 303 Å². The average molecular weight is 1650 g/mol. The summed E-state index contributed by atoms with van der Waals surface area (Å²) in [5, 5.41) is 6.08. The molecule has 11 heterocycles. The van der Waals surface area contributed by atoms with E-state index in [9.17, 15) is 0 Å². The number of benzene rings is 13. The maximum Gasteiger partial charge on any atom is 0.164 e. The molecule has 14 heteroatoms. The quantitative estimate of drug-likeness (QED) is 0.0895. The van der Waals surface area contributed by atoms with E-state index in [0.717, 1.165) is 201 Å². The maximum atomic E-state index is 7.02. The summed E-state index contributed by atoms with van der Waals surface area (Å²) in [5.74, 6) is 3.86. The molecule has 0 saturated carbocycles. The van der Waals surface area contributed by atoms with Crippen LogP contribution >= 0.6 is 0 Å². The molecule has 13 aromatic carbocycles. The second kappa shape index (κ2) is 33.1. The Kier molecular flexibility index (Phi) is 19.6. The molecule has 0 unspecified atom stereocenters. The fourth-order valence-corrected chi connectivity index (χ4v) is 17.5. The molecule has 0 aliphatic heterocycles. The van der Waals surface area contributed by atoms with Crippen LogP contribution in [-0.2, 0) is 0 Å².